The van der Waals surface area contributed by atoms with Crippen LogP contribution in [0.5, 0.6) is 0 Å². The summed E-state index contributed by atoms with van der Waals surface area (Å²) in [5, 5.41) is 0.800. The fourth-order valence-corrected chi connectivity index (χ4v) is 3.60. The predicted molar refractivity (Wildman–Crippen MR) is 68.7 cm³/mol. The molecule has 1 heterocycles. The monoisotopic (exact) mass is 241 g/mol. The molecular weight excluding hydrogens is 226 g/mol. The molecule has 0 radical (unpaired) electrons. The van der Waals surface area contributed by atoms with Gasteiger partial charge < -0.3 is 5.73 Å². The first-order valence-corrected chi connectivity index (χ1v) is 6.84. The van der Waals surface area contributed by atoms with Crippen molar-refractivity contribution in [3.8, 4) is 0 Å². The second-order valence-corrected chi connectivity index (χ2v) is 5.69. The van der Waals surface area contributed by atoms with Gasteiger partial charge in [0.1, 0.15) is 0 Å². The first kappa shape index (κ1) is 11.3. The maximum absolute atomic E-state index is 5.96. The molecule has 0 aromatic heterocycles. The third-order valence-electron chi connectivity index (χ3n) is 3.17. The van der Waals surface area contributed by atoms with E-state index in [9.17, 15) is 0 Å². The van der Waals surface area contributed by atoms with Gasteiger partial charge in [-0.25, -0.2) is 0 Å². The Bertz CT molecular complexity index is 317. The van der Waals surface area contributed by atoms with E-state index in [1.807, 2.05) is 23.9 Å². The summed E-state index contributed by atoms with van der Waals surface area (Å²) in [5.74, 6) is 2.42. The largest absolute Gasteiger partial charge is 0.330 e. The van der Waals surface area contributed by atoms with E-state index in [1.54, 1.807) is 0 Å². The summed E-state index contributed by atoms with van der Waals surface area (Å²) in [5.41, 5.74) is 7.50. The molecule has 1 aromatic rings. The van der Waals surface area contributed by atoms with E-state index in [1.165, 1.54) is 24.2 Å². The molecule has 0 spiro atoms. The highest BCUT2D eigenvalue weighted by Crippen LogP contribution is 2.37. The first-order valence-electron chi connectivity index (χ1n) is 5.31. The van der Waals surface area contributed by atoms with E-state index >= 15 is 0 Å². The summed E-state index contributed by atoms with van der Waals surface area (Å²) < 4.78 is 0. The van der Waals surface area contributed by atoms with Crippen molar-refractivity contribution in [2.75, 3.05) is 18.1 Å². The maximum Gasteiger partial charge on any atom is 0.0406 e. The highest BCUT2D eigenvalue weighted by Gasteiger charge is 2.32. The van der Waals surface area contributed by atoms with Crippen LogP contribution in [0.15, 0.2) is 24.3 Å². The topological polar surface area (TPSA) is 26.0 Å². The van der Waals surface area contributed by atoms with Gasteiger partial charge in [-0.05, 0) is 36.3 Å². The Kier molecular flexibility index (Phi) is 3.60. The van der Waals surface area contributed by atoms with Gasteiger partial charge in [0.15, 0.2) is 0 Å². The third-order valence-corrected chi connectivity index (χ3v) is 4.76. The van der Waals surface area contributed by atoms with Crippen molar-refractivity contribution in [2.24, 2.45) is 5.73 Å². The zero-order valence-electron chi connectivity index (χ0n) is 8.71. The lowest BCUT2D eigenvalue weighted by Gasteiger charge is -2.36. The second-order valence-electron chi connectivity index (χ2n) is 4.15. The maximum atomic E-state index is 5.96. The van der Waals surface area contributed by atoms with Gasteiger partial charge in [-0.2, -0.15) is 11.8 Å². The lowest BCUT2D eigenvalue weighted by Crippen LogP contribution is -2.39. The SMILES string of the molecule is NCC1(c2ccc(Cl)cc2)CCCSC1. The molecule has 1 aromatic carbocycles. The number of nitrogens with two attached hydrogens (primary N) is 1. The fraction of sp³-hybridized carbons (Fsp3) is 0.500. The van der Waals surface area contributed by atoms with Crippen LogP contribution in [0.25, 0.3) is 0 Å². The molecule has 2 N–H and O–H groups in total. The number of benzene rings is 1. The van der Waals surface area contributed by atoms with E-state index in [0.717, 1.165) is 17.3 Å². The Morgan fingerprint density at radius 2 is 2.07 bits per heavy atom. The van der Waals surface area contributed by atoms with Crippen LogP contribution in [0.4, 0.5) is 0 Å². The summed E-state index contributed by atoms with van der Waals surface area (Å²) >= 11 is 7.92. The van der Waals surface area contributed by atoms with Gasteiger partial charge in [-0.3, -0.25) is 0 Å². The van der Waals surface area contributed by atoms with Crippen LogP contribution in [-0.4, -0.2) is 18.1 Å². The van der Waals surface area contributed by atoms with Crippen molar-refractivity contribution < 1.29 is 0 Å². The third kappa shape index (κ3) is 2.32. The standard InChI is InChI=1S/C12H16ClNS/c13-11-4-2-10(3-5-11)12(8-14)6-1-7-15-9-12/h2-5H,1,6-9,14H2. The zero-order valence-corrected chi connectivity index (χ0v) is 10.3. The average Bonchev–Trinajstić information content (AvgIpc) is 2.31. The summed E-state index contributed by atoms with van der Waals surface area (Å²) in [6.45, 7) is 0.738. The van der Waals surface area contributed by atoms with Crippen LogP contribution in [0, 0.1) is 0 Å². The van der Waals surface area contributed by atoms with Gasteiger partial charge in [-0.15, -0.1) is 0 Å². The van der Waals surface area contributed by atoms with E-state index < -0.39 is 0 Å². The molecule has 1 aliphatic rings. The first-order chi connectivity index (χ1) is 7.27. The molecule has 82 valence electrons. The Balaban J connectivity index is 2.28. The highest BCUT2D eigenvalue weighted by atomic mass is 35.5. The van der Waals surface area contributed by atoms with Gasteiger partial charge in [0.05, 0.1) is 0 Å². The smallest absolute Gasteiger partial charge is 0.0406 e. The van der Waals surface area contributed by atoms with Crippen molar-refractivity contribution >= 4 is 23.4 Å². The summed E-state index contributed by atoms with van der Waals surface area (Å²) in [7, 11) is 0. The Morgan fingerprint density at radius 3 is 2.60 bits per heavy atom. The second kappa shape index (κ2) is 4.77. The molecule has 15 heavy (non-hydrogen) atoms. The van der Waals surface area contributed by atoms with Crippen molar-refractivity contribution in [2.45, 2.75) is 18.3 Å². The summed E-state index contributed by atoms with van der Waals surface area (Å²) in [4.78, 5) is 0. The van der Waals surface area contributed by atoms with E-state index in [0.29, 0.717) is 0 Å². The van der Waals surface area contributed by atoms with Gasteiger partial charge in [0, 0.05) is 22.7 Å². The zero-order chi connectivity index (χ0) is 10.7. The van der Waals surface area contributed by atoms with Gasteiger partial charge in [0.2, 0.25) is 0 Å². The van der Waals surface area contributed by atoms with Crippen LogP contribution in [-0.2, 0) is 5.41 Å². The van der Waals surface area contributed by atoms with Gasteiger partial charge in [0.25, 0.3) is 0 Å². The number of rotatable bonds is 2. The summed E-state index contributed by atoms with van der Waals surface area (Å²) in [6.07, 6.45) is 2.47. The van der Waals surface area contributed by atoms with Gasteiger partial charge in [-0.1, -0.05) is 23.7 Å². The predicted octanol–water partition coefficient (Wildman–Crippen LogP) is 3.06. The van der Waals surface area contributed by atoms with Crippen molar-refractivity contribution in [1.29, 1.82) is 0 Å². The molecule has 0 aliphatic carbocycles. The molecule has 1 unspecified atom stereocenters. The molecule has 1 aliphatic heterocycles. The quantitative estimate of drug-likeness (QED) is 0.861. The normalized spacial score (nSPS) is 26.5. The van der Waals surface area contributed by atoms with Crippen LogP contribution >= 0.6 is 23.4 Å². The minimum Gasteiger partial charge on any atom is -0.330 e. The molecule has 1 fully saturated rings. The van der Waals surface area contributed by atoms with Crippen LogP contribution < -0.4 is 5.73 Å². The Hall–Kier alpha value is -0.180. The van der Waals surface area contributed by atoms with Crippen molar-refractivity contribution in [3.63, 3.8) is 0 Å². The van der Waals surface area contributed by atoms with E-state index in [2.05, 4.69) is 12.1 Å². The number of halogens is 1. The molecule has 1 saturated heterocycles. The van der Waals surface area contributed by atoms with E-state index in [4.69, 9.17) is 17.3 Å². The van der Waals surface area contributed by atoms with Crippen molar-refractivity contribution in [3.05, 3.63) is 34.9 Å². The molecule has 3 heteroatoms. The lowest BCUT2D eigenvalue weighted by atomic mass is 9.78. The minimum absolute atomic E-state index is 0.188. The molecule has 2 rings (SSSR count). The summed E-state index contributed by atoms with van der Waals surface area (Å²) in [6, 6.07) is 8.18. The van der Waals surface area contributed by atoms with Crippen molar-refractivity contribution in [1.82, 2.24) is 0 Å². The van der Waals surface area contributed by atoms with Crippen LogP contribution in [0.3, 0.4) is 0 Å². The van der Waals surface area contributed by atoms with Gasteiger partial charge >= 0.3 is 0 Å². The fourth-order valence-electron chi connectivity index (χ4n) is 2.16. The Morgan fingerprint density at radius 1 is 1.33 bits per heavy atom. The Labute approximate surface area is 100 Å². The molecule has 1 atom stereocenters. The molecular formula is C12H16ClNS. The van der Waals surface area contributed by atoms with Crippen LogP contribution in [0.1, 0.15) is 18.4 Å². The molecule has 0 amide bonds. The number of thioether (sulfide) groups is 1. The number of hydrogen-bond acceptors (Lipinski definition) is 2. The molecule has 1 nitrogen and oxygen atoms in total. The minimum atomic E-state index is 0.188. The average molecular weight is 242 g/mol. The van der Waals surface area contributed by atoms with Crippen LogP contribution in [0.2, 0.25) is 5.02 Å². The molecule has 0 saturated carbocycles. The highest BCUT2D eigenvalue weighted by molar-refractivity contribution is 7.99. The lowest BCUT2D eigenvalue weighted by molar-refractivity contribution is 0.439. The van der Waals surface area contributed by atoms with E-state index in [-0.39, 0.29) is 5.41 Å². The number of hydrogen-bond donors (Lipinski definition) is 1. The molecule has 0 bridgehead atoms.